The van der Waals surface area contributed by atoms with Gasteiger partial charge in [-0.15, -0.1) is 0 Å². The molecule has 7 heteroatoms. The Hall–Kier alpha value is -2.77. The first kappa shape index (κ1) is 19.5. The maximum atomic E-state index is 13.6. The van der Waals surface area contributed by atoms with Gasteiger partial charge in [-0.25, -0.2) is 8.42 Å². The standard InChI is InChI=1S/C22H24N2O4S/c1-16-6-9-18(10-7-16)29(25,26)24-14-13-23-12-4-5-19(23)22(24)17-8-11-20(27-2)21(15-17)28-3/h4-12,15,22H,13-14H2,1-3H3. The second kappa shape index (κ2) is 7.57. The molecule has 1 atom stereocenters. The fourth-order valence-electron chi connectivity index (χ4n) is 3.83. The van der Waals surface area contributed by atoms with E-state index in [0.717, 1.165) is 16.8 Å². The van der Waals surface area contributed by atoms with Crippen LogP contribution in [0.25, 0.3) is 0 Å². The van der Waals surface area contributed by atoms with Gasteiger partial charge < -0.3 is 14.0 Å². The highest BCUT2D eigenvalue weighted by Gasteiger charge is 2.37. The molecule has 4 rings (SSSR count). The number of rotatable bonds is 5. The molecule has 0 fully saturated rings. The third-order valence-corrected chi connectivity index (χ3v) is 7.22. The Morgan fingerprint density at radius 3 is 2.34 bits per heavy atom. The van der Waals surface area contributed by atoms with Gasteiger partial charge in [0.15, 0.2) is 11.5 Å². The van der Waals surface area contributed by atoms with Crippen molar-refractivity contribution in [3.05, 3.63) is 77.6 Å². The number of nitrogens with zero attached hydrogens (tertiary/aromatic N) is 2. The predicted octanol–water partition coefficient (Wildman–Crippen LogP) is 3.61. The topological polar surface area (TPSA) is 60.8 Å². The molecule has 0 spiro atoms. The van der Waals surface area contributed by atoms with Crippen molar-refractivity contribution in [1.29, 1.82) is 0 Å². The summed E-state index contributed by atoms with van der Waals surface area (Å²) in [6.07, 6.45) is 1.99. The minimum Gasteiger partial charge on any atom is -0.493 e. The van der Waals surface area contributed by atoms with Crippen LogP contribution in [-0.2, 0) is 16.6 Å². The Labute approximate surface area is 171 Å². The van der Waals surface area contributed by atoms with Crippen LogP contribution in [0.1, 0.15) is 22.9 Å². The van der Waals surface area contributed by atoms with Crippen LogP contribution in [0.5, 0.6) is 11.5 Å². The molecule has 2 aromatic carbocycles. The third kappa shape index (κ3) is 3.41. The lowest BCUT2D eigenvalue weighted by Crippen LogP contribution is -2.42. The molecule has 1 aliphatic rings. The SMILES string of the molecule is COc1ccc(C2c3cccn3CCN2S(=O)(=O)c2ccc(C)cc2)cc1OC. The van der Waals surface area contributed by atoms with E-state index in [1.54, 1.807) is 30.7 Å². The van der Waals surface area contributed by atoms with Gasteiger partial charge in [0, 0.05) is 25.0 Å². The van der Waals surface area contributed by atoms with Crippen molar-refractivity contribution < 1.29 is 17.9 Å². The van der Waals surface area contributed by atoms with E-state index in [1.165, 1.54) is 0 Å². The molecule has 0 N–H and O–H groups in total. The summed E-state index contributed by atoms with van der Waals surface area (Å²) in [5.41, 5.74) is 2.78. The van der Waals surface area contributed by atoms with Gasteiger partial charge in [0.2, 0.25) is 10.0 Å². The highest BCUT2D eigenvalue weighted by Crippen LogP contribution is 2.39. The van der Waals surface area contributed by atoms with Crippen LogP contribution in [0.3, 0.4) is 0 Å². The zero-order valence-corrected chi connectivity index (χ0v) is 17.5. The molecule has 2 heterocycles. The molecular weight excluding hydrogens is 388 g/mol. The van der Waals surface area contributed by atoms with Gasteiger partial charge in [-0.1, -0.05) is 23.8 Å². The van der Waals surface area contributed by atoms with Gasteiger partial charge in [-0.2, -0.15) is 4.31 Å². The Morgan fingerprint density at radius 2 is 1.66 bits per heavy atom. The largest absolute Gasteiger partial charge is 0.493 e. The number of aromatic nitrogens is 1. The Bertz CT molecular complexity index is 1120. The van der Waals surface area contributed by atoms with E-state index in [-0.39, 0.29) is 0 Å². The van der Waals surface area contributed by atoms with Gasteiger partial charge in [0.05, 0.1) is 25.2 Å². The Morgan fingerprint density at radius 1 is 0.931 bits per heavy atom. The molecular formula is C22H24N2O4S. The lowest BCUT2D eigenvalue weighted by molar-refractivity contribution is 0.296. The molecule has 3 aromatic rings. The first-order valence-electron chi connectivity index (χ1n) is 9.41. The fraction of sp³-hybridized carbons (Fsp3) is 0.273. The average molecular weight is 413 g/mol. The highest BCUT2D eigenvalue weighted by atomic mass is 32.2. The highest BCUT2D eigenvalue weighted by molar-refractivity contribution is 7.89. The maximum Gasteiger partial charge on any atom is 0.244 e. The quantitative estimate of drug-likeness (QED) is 0.642. The van der Waals surface area contributed by atoms with Crippen LogP contribution in [0.2, 0.25) is 0 Å². The molecule has 0 aliphatic carbocycles. The second-order valence-electron chi connectivity index (χ2n) is 7.07. The second-order valence-corrected chi connectivity index (χ2v) is 8.96. The smallest absolute Gasteiger partial charge is 0.244 e. The van der Waals surface area contributed by atoms with E-state index in [2.05, 4.69) is 4.57 Å². The number of benzene rings is 2. The number of aryl methyl sites for hydroxylation is 1. The molecule has 1 unspecified atom stereocenters. The van der Waals surface area contributed by atoms with Crippen molar-refractivity contribution in [3.8, 4) is 11.5 Å². The maximum absolute atomic E-state index is 13.6. The van der Waals surface area contributed by atoms with Gasteiger partial charge >= 0.3 is 0 Å². The van der Waals surface area contributed by atoms with Gasteiger partial charge in [-0.05, 0) is 48.9 Å². The van der Waals surface area contributed by atoms with Crippen molar-refractivity contribution in [2.45, 2.75) is 24.4 Å². The molecule has 0 bridgehead atoms. The van der Waals surface area contributed by atoms with Crippen molar-refractivity contribution in [2.24, 2.45) is 0 Å². The van der Waals surface area contributed by atoms with Crippen LogP contribution < -0.4 is 9.47 Å². The Kier molecular flexibility index (Phi) is 5.10. The molecule has 6 nitrogen and oxygen atoms in total. The van der Waals surface area contributed by atoms with Crippen molar-refractivity contribution >= 4 is 10.0 Å². The van der Waals surface area contributed by atoms with Crippen LogP contribution >= 0.6 is 0 Å². The summed E-state index contributed by atoms with van der Waals surface area (Å²) in [6, 6.07) is 16.0. The van der Waals surface area contributed by atoms with Gasteiger partial charge in [0.1, 0.15) is 0 Å². The summed E-state index contributed by atoms with van der Waals surface area (Å²) < 4.78 is 41.6. The monoisotopic (exact) mass is 412 g/mol. The zero-order chi connectivity index (χ0) is 20.6. The summed E-state index contributed by atoms with van der Waals surface area (Å²) in [7, 11) is -0.528. The van der Waals surface area contributed by atoms with Crippen LogP contribution in [0.4, 0.5) is 0 Å². The summed E-state index contributed by atoms with van der Waals surface area (Å²) in [5, 5.41) is 0. The number of fused-ring (bicyclic) bond motifs is 1. The molecule has 0 amide bonds. The van der Waals surface area contributed by atoms with Crippen molar-refractivity contribution in [3.63, 3.8) is 0 Å². The fourth-order valence-corrected chi connectivity index (χ4v) is 5.41. The summed E-state index contributed by atoms with van der Waals surface area (Å²) in [6.45, 7) is 2.94. The van der Waals surface area contributed by atoms with Crippen LogP contribution in [0, 0.1) is 6.92 Å². The van der Waals surface area contributed by atoms with Crippen molar-refractivity contribution in [2.75, 3.05) is 20.8 Å². The van der Waals surface area contributed by atoms with E-state index in [0.29, 0.717) is 29.5 Å². The average Bonchev–Trinajstić information content (AvgIpc) is 3.21. The minimum absolute atomic E-state index is 0.300. The summed E-state index contributed by atoms with van der Waals surface area (Å²) >= 11 is 0. The lowest BCUT2D eigenvalue weighted by atomic mass is 10.0. The van der Waals surface area contributed by atoms with E-state index in [1.807, 2.05) is 55.6 Å². The van der Waals surface area contributed by atoms with E-state index < -0.39 is 16.1 Å². The number of hydrogen-bond acceptors (Lipinski definition) is 4. The van der Waals surface area contributed by atoms with Crippen LogP contribution in [-0.4, -0.2) is 38.1 Å². The molecule has 29 heavy (non-hydrogen) atoms. The zero-order valence-electron chi connectivity index (χ0n) is 16.7. The third-order valence-electron chi connectivity index (χ3n) is 5.34. The molecule has 152 valence electrons. The molecule has 1 aromatic heterocycles. The van der Waals surface area contributed by atoms with Crippen LogP contribution in [0.15, 0.2) is 65.7 Å². The summed E-state index contributed by atoms with van der Waals surface area (Å²) in [5.74, 6) is 1.18. The van der Waals surface area contributed by atoms with E-state index in [9.17, 15) is 8.42 Å². The molecule has 0 saturated heterocycles. The van der Waals surface area contributed by atoms with Crippen molar-refractivity contribution in [1.82, 2.24) is 8.87 Å². The van der Waals surface area contributed by atoms with E-state index >= 15 is 0 Å². The van der Waals surface area contributed by atoms with Gasteiger partial charge in [0.25, 0.3) is 0 Å². The molecule has 0 saturated carbocycles. The minimum atomic E-state index is -3.68. The number of hydrogen-bond donors (Lipinski definition) is 0. The Balaban J connectivity index is 1.85. The molecule has 1 aliphatic heterocycles. The number of ether oxygens (including phenoxy) is 2. The number of methoxy groups -OCH3 is 2. The van der Waals surface area contributed by atoms with Gasteiger partial charge in [-0.3, -0.25) is 0 Å². The summed E-state index contributed by atoms with van der Waals surface area (Å²) in [4.78, 5) is 0.300. The first-order chi connectivity index (χ1) is 14.0. The predicted molar refractivity (Wildman–Crippen MR) is 111 cm³/mol. The lowest BCUT2D eigenvalue weighted by Gasteiger charge is -2.36. The molecule has 0 radical (unpaired) electrons. The number of sulfonamides is 1. The normalized spacial score (nSPS) is 17.0. The van der Waals surface area contributed by atoms with E-state index in [4.69, 9.17) is 9.47 Å². The first-order valence-corrected chi connectivity index (χ1v) is 10.8.